The summed E-state index contributed by atoms with van der Waals surface area (Å²) in [5.41, 5.74) is 0.980. The minimum Gasteiger partial charge on any atom is -0.351 e. The van der Waals surface area contributed by atoms with E-state index in [4.69, 9.17) is 0 Å². The van der Waals surface area contributed by atoms with Crippen molar-refractivity contribution in [2.45, 2.75) is 45.4 Å². The van der Waals surface area contributed by atoms with Gasteiger partial charge in [0.2, 0.25) is 0 Å². The van der Waals surface area contributed by atoms with Crippen molar-refractivity contribution < 1.29 is 4.79 Å². The normalized spacial score (nSPS) is 17.3. The fourth-order valence-electron chi connectivity index (χ4n) is 2.27. The highest BCUT2D eigenvalue weighted by atomic mass is 32.1. The Balaban J connectivity index is 2.12. The molecular weight excluding hydrogens is 244 g/mol. The molecule has 0 saturated heterocycles. The average molecular weight is 266 g/mol. The standard InChI is InChI=1S/C14H22N2OS/c1-4-10(2)13-12(9-17)18-14(15-13)16(3)8-11-6-5-7-11/h9-11H,4-8H2,1-3H3. The molecule has 0 radical (unpaired) electrons. The molecule has 0 aliphatic heterocycles. The molecule has 1 aromatic heterocycles. The molecule has 0 aromatic carbocycles. The second-order valence-corrected chi connectivity index (χ2v) is 6.36. The second kappa shape index (κ2) is 5.83. The summed E-state index contributed by atoms with van der Waals surface area (Å²) >= 11 is 1.53. The van der Waals surface area contributed by atoms with Gasteiger partial charge in [-0.25, -0.2) is 4.98 Å². The van der Waals surface area contributed by atoms with Crippen LogP contribution in [0.3, 0.4) is 0 Å². The zero-order valence-corrected chi connectivity index (χ0v) is 12.3. The van der Waals surface area contributed by atoms with Crippen molar-refractivity contribution in [3.63, 3.8) is 0 Å². The lowest BCUT2D eigenvalue weighted by molar-refractivity contribution is 0.112. The maximum absolute atomic E-state index is 11.1. The first-order valence-electron chi connectivity index (χ1n) is 6.82. The molecule has 2 rings (SSSR count). The summed E-state index contributed by atoms with van der Waals surface area (Å²) < 4.78 is 0. The summed E-state index contributed by atoms with van der Waals surface area (Å²) in [5, 5.41) is 0.999. The van der Waals surface area contributed by atoms with E-state index in [-0.39, 0.29) is 0 Å². The minimum atomic E-state index is 0.368. The number of hydrogen-bond acceptors (Lipinski definition) is 4. The number of carbonyl (C=O) groups excluding carboxylic acids is 1. The zero-order chi connectivity index (χ0) is 13.1. The Morgan fingerprint density at radius 2 is 2.28 bits per heavy atom. The van der Waals surface area contributed by atoms with Gasteiger partial charge < -0.3 is 4.90 Å². The summed E-state index contributed by atoms with van der Waals surface area (Å²) in [6.45, 7) is 5.35. The molecule has 0 bridgehead atoms. The number of aromatic nitrogens is 1. The van der Waals surface area contributed by atoms with Crippen molar-refractivity contribution in [3.8, 4) is 0 Å². The van der Waals surface area contributed by atoms with Crippen LogP contribution in [-0.4, -0.2) is 24.9 Å². The SMILES string of the molecule is CCC(C)c1nc(N(C)CC2CCC2)sc1C=O. The molecule has 1 aliphatic carbocycles. The number of nitrogens with zero attached hydrogens (tertiary/aromatic N) is 2. The summed E-state index contributed by atoms with van der Waals surface area (Å²) in [4.78, 5) is 18.8. The topological polar surface area (TPSA) is 33.2 Å². The van der Waals surface area contributed by atoms with Gasteiger partial charge in [0.25, 0.3) is 0 Å². The van der Waals surface area contributed by atoms with Gasteiger partial charge in [0.15, 0.2) is 11.4 Å². The van der Waals surface area contributed by atoms with Crippen molar-refractivity contribution in [2.24, 2.45) is 5.92 Å². The smallest absolute Gasteiger partial charge is 0.185 e. The third-order valence-corrected chi connectivity index (χ3v) is 5.05. The molecule has 1 heterocycles. The van der Waals surface area contributed by atoms with E-state index in [1.54, 1.807) is 0 Å². The van der Waals surface area contributed by atoms with E-state index >= 15 is 0 Å². The highest BCUT2D eigenvalue weighted by Gasteiger charge is 2.22. The van der Waals surface area contributed by atoms with Gasteiger partial charge in [-0.05, 0) is 31.1 Å². The van der Waals surface area contributed by atoms with E-state index in [9.17, 15) is 4.79 Å². The number of hydrogen-bond donors (Lipinski definition) is 0. The van der Waals surface area contributed by atoms with Gasteiger partial charge in [0.05, 0.1) is 10.6 Å². The molecule has 1 saturated carbocycles. The van der Waals surface area contributed by atoms with E-state index in [0.29, 0.717) is 5.92 Å². The minimum absolute atomic E-state index is 0.368. The predicted molar refractivity (Wildman–Crippen MR) is 76.8 cm³/mol. The lowest BCUT2D eigenvalue weighted by Crippen LogP contribution is -2.29. The summed E-state index contributed by atoms with van der Waals surface area (Å²) in [5.74, 6) is 1.19. The first kappa shape index (κ1) is 13.5. The van der Waals surface area contributed by atoms with E-state index < -0.39 is 0 Å². The molecule has 18 heavy (non-hydrogen) atoms. The average Bonchev–Trinajstić information content (AvgIpc) is 2.76. The number of anilines is 1. The molecule has 0 spiro atoms. The summed E-state index contributed by atoms with van der Waals surface area (Å²) in [6, 6.07) is 0. The van der Waals surface area contributed by atoms with Crippen molar-refractivity contribution in [1.82, 2.24) is 4.98 Å². The van der Waals surface area contributed by atoms with Crippen LogP contribution in [0.1, 0.15) is 60.8 Å². The maximum atomic E-state index is 11.1. The van der Waals surface area contributed by atoms with Crippen LogP contribution in [0.4, 0.5) is 5.13 Å². The molecule has 1 aliphatic rings. The molecule has 1 unspecified atom stereocenters. The van der Waals surface area contributed by atoms with Gasteiger partial charge in [-0.2, -0.15) is 0 Å². The second-order valence-electron chi connectivity index (χ2n) is 5.35. The molecule has 4 heteroatoms. The first-order valence-corrected chi connectivity index (χ1v) is 7.64. The molecule has 1 aromatic rings. The van der Waals surface area contributed by atoms with Gasteiger partial charge in [0.1, 0.15) is 0 Å². The lowest BCUT2D eigenvalue weighted by atomic mass is 9.85. The monoisotopic (exact) mass is 266 g/mol. The number of carbonyl (C=O) groups is 1. The van der Waals surface area contributed by atoms with Crippen LogP contribution in [0.5, 0.6) is 0 Å². The van der Waals surface area contributed by atoms with Gasteiger partial charge in [-0.1, -0.05) is 31.6 Å². The fraction of sp³-hybridized carbons (Fsp3) is 0.714. The number of rotatable bonds is 6. The lowest BCUT2D eigenvalue weighted by Gasteiger charge is -2.29. The summed E-state index contributed by atoms with van der Waals surface area (Å²) in [7, 11) is 2.09. The maximum Gasteiger partial charge on any atom is 0.185 e. The molecule has 0 N–H and O–H groups in total. The van der Waals surface area contributed by atoms with Crippen LogP contribution in [0.15, 0.2) is 0 Å². The Kier molecular flexibility index (Phi) is 4.38. The van der Waals surface area contributed by atoms with Crippen LogP contribution in [-0.2, 0) is 0 Å². The highest BCUT2D eigenvalue weighted by molar-refractivity contribution is 7.17. The van der Waals surface area contributed by atoms with E-state index in [1.807, 2.05) is 0 Å². The van der Waals surface area contributed by atoms with Crippen molar-refractivity contribution >= 4 is 22.8 Å². The van der Waals surface area contributed by atoms with Gasteiger partial charge in [-0.3, -0.25) is 4.79 Å². The quantitative estimate of drug-likeness (QED) is 0.736. The predicted octanol–water partition coefficient (Wildman–Crippen LogP) is 3.71. The van der Waals surface area contributed by atoms with Crippen LogP contribution in [0.2, 0.25) is 0 Å². The van der Waals surface area contributed by atoms with E-state index in [0.717, 1.165) is 40.9 Å². The Hall–Kier alpha value is -0.900. The fourth-order valence-corrected chi connectivity index (χ4v) is 3.24. The molecule has 1 fully saturated rings. The Morgan fingerprint density at radius 3 is 2.78 bits per heavy atom. The third kappa shape index (κ3) is 2.74. The number of aldehydes is 1. The summed E-state index contributed by atoms with van der Waals surface area (Å²) in [6.07, 6.45) is 6.03. The van der Waals surface area contributed by atoms with E-state index in [1.165, 1.54) is 30.6 Å². The largest absolute Gasteiger partial charge is 0.351 e. The molecule has 100 valence electrons. The molecule has 3 nitrogen and oxygen atoms in total. The van der Waals surface area contributed by atoms with Crippen LogP contribution in [0, 0.1) is 5.92 Å². The van der Waals surface area contributed by atoms with Crippen molar-refractivity contribution in [3.05, 3.63) is 10.6 Å². The Bertz CT molecular complexity index is 412. The molecule has 1 atom stereocenters. The van der Waals surface area contributed by atoms with Crippen molar-refractivity contribution in [1.29, 1.82) is 0 Å². The van der Waals surface area contributed by atoms with Crippen LogP contribution >= 0.6 is 11.3 Å². The van der Waals surface area contributed by atoms with Gasteiger partial charge in [-0.15, -0.1) is 0 Å². The van der Waals surface area contributed by atoms with Crippen LogP contribution in [0.25, 0.3) is 0 Å². The van der Waals surface area contributed by atoms with Crippen molar-refractivity contribution in [2.75, 3.05) is 18.5 Å². The van der Waals surface area contributed by atoms with E-state index in [2.05, 4.69) is 30.8 Å². The van der Waals surface area contributed by atoms with Gasteiger partial charge in [0, 0.05) is 13.6 Å². The van der Waals surface area contributed by atoms with Gasteiger partial charge >= 0.3 is 0 Å². The molecule has 0 amide bonds. The molecular formula is C14H22N2OS. The Labute approximate surface area is 113 Å². The highest BCUT2D eigenvalue weighted by Crippen LogP contribution is 2.33. The van der Waals surface area contributed by atoms with Crippen LogP contribution < -0.4 is 4.90 Å². The number of thiazole rings is 1. The Morgan fingerprint density at radius 1 is 1.56 bits per heavy atom. The zero-order valence-electron chi connectivity index (χ0n) is 11.5. The first-order chi connectivity index (χ1) is 8.65. The third-order valence-electron chi connectivity index (χ3n) is 3.94.